The molecule has 0 N–H and O–H groups in total. The van der Waals surface area contributed by atoms with Crippen LogP contribution in [-0.4, -0.2) is 4.98 Å². The summed E-state index contributed by atoms with van der Waals surface area (Å²) >= 11 is 11.9. The quantitative estimate of drug-likeness (QED) is 0.749. The summed E-state index contributed by atoms with van der Waals surface area (Å²) in [5, 5.41) is 0.564. The summed E-state index contributed by atoms with van der Waals surface area (Å²) in [7, 11) is 0. The van der Waals surface area contributed by atoms with Gasteiger partial charge < -0.3 is 4.74 Å². The van der Waals surface area contributed by atoms with Gasteiger partial charge in [-0.3, -0.25) is 0 Å². The van der Waals surface area contributed by atoms with Crippen LogP contribution in [0.15, 0.2) is 36.4 Å². The predicted molar refractivity (Wildman–Crippen MR) is 74.7 cm³/mol. The molecule has 4 heteroatoms. The van der Waals surface area contributed by atoms with Crippen LogP contribution >= 0.6 is 23.2 Å². The number of nitrogens with zero attached hydrogens (tertiary/aromatic N) is 1. The number of pyridine rings is 1. The zero-order chi connectivity index (χ0) is 13.0. The van der Waals surface area contributed by atoms with E-state index in [1.807, 2.05) is 37.3 Å². The zero-order valence-electron chi connectivity index (χ0n) is 9.99. The van der Waals surface area contributed by atoms with Gasteiger partial charge in [-0.2, -0.15) is 0 Å². The molecule has 0 aliphatic rings. The normalized spacial score (nSPS) is 10.4. The molecule has 0 radical (unpaired) electrons. The minimum absolute atomic E-state index is 0.439. The average Bonchev–Trinajstić information content (AvgIpc) is 2.41. The largest absolute Gasteiger partial charge is 0.437 e. The third-order valence-electron chi connectivity index (χ3n) is 2.48. The Balaban J connectivity index is 2.31. The van der Waals surface area contributed by atoms with Crippen molar-refractivity contribution < 1.29 is 4.74 Å². The van der Waals surface area contributed by atoms with Crippen molar-refractivity contribution >= 4 is 23.2 Å². The van der Waals surface area contributed by atoms with Crippen LogP contribution in [0.25, 0.3) is 0 Å². The maximum Gasteiger partial charge on any atom is 0.219 e. The minimum atomic E-state index is 0.439. The van der Waals surface area contributed by atoms with Gasteiger partial charge >= 0.3 is 0 Å². The van der Waals surface area contributed by atoms with E-state index in [0.29, 0.717) is 22.5 Å². The second-order valence-electron chi connectivity index (χ2n) is 3.82. The third-order valence-corrected chi connectivity index (χ3v) is 3.10. The average molecular weight is 282 g/mol. The number of para-hydroxylation sites is 1. The molecular weight excluding hydrogens is 269 g/mol. The van der Waals surface area contributed by atoms with Crippen LogP contribution in [0.1, 0.15) is 18.2 Å². The summed E-state index contributed by atoms with van der Waals surface area (Å²) in [6.07, 6.45) is 0.837. The van der Waals surface area contributed by atoms with Crippen LogP contribution in [0, 0.1) is 0 Å². The standard InChI is InChI=1S/C14H13Cl2NO/c1-2-11-7-10(9-15)8-14(17-11)18-13-6-4-3-5-12(13)16/h3-8H,2,9H2,1H3. The molecule has 18 heavy (non-hydrogen) atoms. The molecule has 0 aliphatic carbocycles. The molecule has 2 rings (SSSR count). The summed E-state index contributed by atoms with van der Waals surface area (Å²) in [4.78, 5) is 4.40. The molecule has 2 aromatic rings. The van der Waals surface area contributed by atoms with E-state index in [1.54, 1.807) is 6.07 Å². The Morgan fingerprint density at radius 3 is 2.67 bits per heavy atom. The van der Waals surface area contributed by atoms with E-state index in [0.717, 1.165) is 17.7 Å². The summed E-state index contributed by atoms with van der Waals surface area (Å²) < 4.78 is 5.69. The molecule has 0 amide bonds. The fourth-order valence-corrected chi connectivity index (χ4v) is 1.90. The summed E-state index contributed by atoms with van der Waals surface area (Å²) in [5.41, 5.74) is 1.95. The van der Waals surface area contributed by atoms with Gasteiger partial charge in [0.1, 0.15) is 5.75 Å². The van der Waals surface area contributed by atoms with Gasteiger partial charge in [-0.1, -0.05) is 30.7 Å². The molecule has 0 fully saturated rings. The summed E-state index contributed by atoms with van der Waals surface area (Å²) in [5.74, 6) is 1.56. The maximum atomic E-state index is 6.04. The first-order valence-corrected chi connectivity index (χ1v) is 6.62. The van der Waals surface area contributed by atoms with Gasteiger partial charge in [-0.05, 0) is 30.2 Å². The number of aromatic nitrogens is 1. The lowest BCUT2D eigenvalue weighted by Crippen LogP contribution is -1.95. The Bertz CT molecular complexity index is 521. The second kappa shape index (κ2) is 6.07. The lowest BCUT2D eigenvalue weighted by atomic mass is 10.2. The van der Waals surface area contributed by atoms with Gasteiger partial charge in [0, 0.05) is 17.6 Å². The fraction of sp³-hybridized carbons (Fsp3) is 0.214. The summed E-state index contributed by atoms with van der Waals surface area (Å²) in [6.45, 7) is 2.04. The number of aryl methyl sites for hydroxylation is 1. The monoisotopic (exact) mass is 281 g/mol. The highest BCUT2D eigenvalue weighted by Gasteiger charge is 2.06. The van der Waals surface area contributed by atoms with E-state index < -0.39 is 0 Å². The molecule has 1 aromatic carbocycles. The first kappa shape index (κ1) is 13.2. The Morgan fingerprint density at radius 1 is 1.22 bits per heavy atom. The van der Waals surface area contributed by atoms with Crippen molar-refractivity contribution in [2.75, 3.05) is 0 Å². The number of hydrogen-bond acceptors (Lipinski definition) is 2. The number of hydrogen-bond donors (Lipinski definition) is 0. The number of ether oxygens (including phenoxy) is 1. The zero-order valence-corrected chi connectivity index (χ0v) is 11.5. The van der Waals surface area contributed by atoms with Gasteiger partial charge in [0.15, 0.2) is 0 Å². The Hall–Kier alpha value is -1.25. The molecule has 1 aromatic heterocycles. The molecule has 0 aliphatic heterocycles. The summed E-state index contributed by atoms with van der Waals surface area (Å²) in [6, 6.07) is 11.1. The molecule has 0 unspecified atom stereocenters. The molecule has 0 atom stereocenters. The third kappa shape index (κ3) is 3.15. The SMILES string of the molecule is CCc1cc(CCl)cc(Oc2ccccc2Cl)n1. The predicted octanol–water partition coefficient (Wildman–Crippen LogP) is 4.83. The smallest absolute Gasteiger partial charge is 0.219 e. The van der Waals surface area contributed by atoms with Crippen LogP contribution < -0.4 is 4.74 Å². The molecule has 0 saturated heterocycles. The molecule has 0 bridgehead atoms. The van der Waals surface area contributed by atoms with E-state index in [2.05, 4.69) is 4.98 Å². The first-order chi connectivity index (χ1) is 8.72. The van der Waals surface area contributed by atoms with Crippen LogP contribution in [0.3, 0.4) is 0 Å². The Morgan fingerprint density at radius 2 is 2.00 bits per heavy atom. The first-order valence-electron chi connectivity index (χ1n) is 5.71. The molecule has 2 nitrogen and oxygen atoms in total. The molecule has 0 spiro atoms. The van der Waals surface area contributed by atoms with Gasteiger partial charge in [-0.25, -0.2) is 4.98 Å². The number of benzene rings is 1. The van der Waals surface area contributed by atoms with E-state index in [4.69, 9.17) is 27.9 Å². The molecular formula is C14H13Cl2NO. The Kier molecular flexibility index (Phi) is 4.45. The van der Waals surface area contributed by atoms with Crippen molar-refractivity contribution in [2.45, 2.75) is 19.2 Å². The van der Waals surface area contributed by atoms with Crippen molar-refractivity contribution in [3.05, 3.63) is 52.7 Å². The second-order valence-corrected chi connectivity index (χ2v) is 4.50. The van der Waals surface area contributed by atoms with E-state index in [9.17, 15) is 0 Å². The number of rotatable bonds is 4. The maximum absolute atomic E-state index is 6.04. The fourth-order valence-electron chi connectivity index (χ4n) is 1.57. The highest BCUT2D eigenvalue weighted by atomic mass is 35.5. The van der Waals surface area contributed by atoms with Crippen molar-refractivity contribution in [3.8, 4) is 11.6 Å². The van der Waals surface area contributed by atoms with Gasteiger partial charge in [0.25, 0.3) is 0 Å². The van der Waals surface area contributed by atoms with Crippen molar-refractivity contribution in [2.24, 2.45) is 0 Å². The van der Waals surface area contributed by atoms with Crippen LogP contribution in [0.5, 0.6) is 11.6 Å². The van der Waals surface area contributed by atoms with Gasteiger partial charge in [0.2, 0.25) is 5.88 Å². The minimum Gasteiger partial charge on any atom is -0.437 e. The molecule has 0 saturated carbocycles. The molecule has 94 valence electrons. The van der Waals surface area contributed by atoms with Crippen LogP contribution in [0.4, 0.5) is 0 Å². The lowest BCUT2D eigenvalue weighted by Gasteiger charge is -2.09. The van der Waals surface area contributed by atoms with E-state index >= 15 is 0 Å². The highest BCUT2D eigenvalue weighted by molar-refractivity contribution is 6.32. The Labute approximate surface area is 117 Å². The van der Waals surface area contributed by atoms with E-state index in [1.165, 1.54) is 0 Å². The topological polar surface area (TPSA) is 22.1 Å². The van der Waals surface area contributed by atoms with Crippen LogP contribution in [0.2, 0.25) is 5.02 Å². The van der Waals surface area contributed by atoms with Crippen LogP contribution in [-0.2, 0) is 12.3 Å². The van der Waals surface area contributed by atoms with Gasteiger partial charge in [-0.15, -0.1) is 11.6 Å². The number of alkyl halides is 1. The van der Waals surface area contributed by atoms with Crippen molar-refractivity contribution in [1.82, 2.24) is 4.98 Å². The van der Waals surface area contributed by atoms with Gasteiger partial charge in [0.05, 0.1) is 5.02 Å². The van der Waals surface area contributed by atoms with E-state index in [-0.39, 0.29) is 0 Å². The molecule has 1 heterocycles. The van der Waals surface area contributed by atoms with Crippen molar-refractivity contribution in [1.29, 1.82) is 0 Å². The van der Waals surface area contributed by atoms with Crippen molar-refractivity contribution in [3.63, 3.8) is 0 Å². The lowest BCUT2D eigenvalue weighted by molar-refractivity contribution is 0.460. The number of halogens is 2. The highest BCUT2D eigenvalue weighted by Crippen LogP contribution is 2.28.